The van der Waals surface area contributed by atoms with E-state index in [4.69, 9.17) is 11.1 Å². The van der Waals surface area contributed by atoms with Gasteiger partial charge in [0.15, 0.2) is 5.82 Å². The summed E-state index contributed by atoms with van der Waals surface area (Å²) in [7, 11) is 0. The van der Waals surface area contributed by atoms with Gasteiger partial charge in [0, 0.05) is 0 Å². The Balaban J connectivity index is 2.84. The molecular weight excluding hydrogens is 154 g/mol. The van der Waals surface area contributed by atoms with Crippen molar-refractivity contribution >= 4 is 11.5 Å². The lowest BCUT2D eigenvalue weighted by Gasteiger charge is -2.07. The second-order valence-electron chi connectivity index (χ2n) is 2.68. The SMILES string of the molecule is CC(=N)c1[nH]cnc1NC(C)N. The molecule has 1 heterocycles. The molecule has 0 saturated heterocycles. The normalized spacial score (nSPS) is 12.6. The summed E-state index contributed by atoms with van der Waals surface area (Å²) in [5, 5.41) is 10.3. The van der Waals surface area contributed by atoms with E-state index in [1.807, 2.05) is 6.92 Å². The third kappa shape index (κ3) is 1.82. The first-order valence-electron chi connectivity index (χ1n) is 3.72. The largest absolute Gasteiger partial charge is 0.353 e. The standard InChI is InChI=1S/C7H13N5/c1-4(8)6-7(11-3-10-6)12-5(2)9/h3,5,8,12H,9H2,1-2H3,(H,10,11). The summed E-state index contributed by atoms with van der Waals surface area (Å²) in [5.74, 6) is 0.637. The summed E-state index contributed by atoms with van der Waals surface area (Å²) < 4.78 is 0. The quantitative estimate of drug-likeness (QED) is 0.390. The van der Waals surface area contributed by atoms with Crippen LogP contribution in [-0.4, -0.2) is 21.8 Å². The highest BCUT2D eigenvalue weighted by Crippen LogP contribution is 2.09. The molecule has 1 aromatic rings. The minimum atomic E-state index is -0.161. The molecule has 0 aromatic carbocycles. The number of hydrogen-bond donors (Lipinski definition) is 4. The molecule has 0 radical (unpaired) electrons. The molecule has 0 aliphatic rings. The van der Waals surface area contributed by atoms with Crippen LogP contribution in [0.1, 0.15) is 19.5 Å². The summed E-state index contributed by atoms with van der Waals surface area (Å²) >= 11 is 0. The zero-order valence-electron chi connectivity index (χ0n) is 7.18. The topological polar surface area (TPSA) is 90.6 Å². The summed E-state index contributed by atoms with van der Waals surface area (Å²) in [4.78, 5) is 6.85. The van der Waals surface area contributed by atoms with E-state index in [0.29, 0.717) is 17.2 Å². The van der Waals surface area contributed by atoms with Crippen LogP contribution >= 0.6 is 0 Å². The van der Waals surface area contributed by atoms with Crippen LogP contribution in [0.4, 0.5) is 5.82 Å². The molecule has 0 aliphatic heterocycles. The first-order valence-corrected chi connectivity index (χ1v) is 3.72. The lowest BCUT2D eigenvalue weighted by Crippen LogP contribution is -2.26. The van der Waals surface area contributed by atoms with Crippen molar-refractivity contribution in [2.45, 2.75) is 20.0 Å². The lowest BCUT2D eigenvalue weighted by atomic mass is 10.3. The second-order valence-corrected chi connectivity index (χ2v) is 2.68. The Bertz CT molecular complexity index is 275. The maximum Gasteiger partial charge on any atom is 0.154 e. The molecule has 66 valence electrons. The van der Waals surface area contributed by atoms with Gasteiger partial charge in [0.05, 0.1) is 18.2 Å². The van der Waals surface area contributed by atoms with E-state index in [2.05, 4.69) is 15.3 Å². The molecule has 1 unspecified atom stereocenters. The summed E-state index contributed by atoms with van der Waals surface area (Å²) in [6.45, 7) is 3.51. The zero-order valence-corrected chi connectivity index (χ0v) is 7.18. The first-order chi connectivity index (χ1) is 5.61. The molecule has 5 nitrogen and oxygen atoms in total. The molecule has 0 bridgehead atoms. The highest BCUT2D eigenvalue weighted by molar-refractivity contribution is 5.98. The summed E-state index contributed by atoms with van der Waals surface area (Å²) in [6.07, 6.45) is 1.38. The Labute approximate surface area is 70.9 Å². The number of rotatable bonds is 3. The van der Waals surface area contributed by atoms with Crippen molar-refractivity contribution in [1.82, 2.24) is 9.97 Å². The molecule has 0 amide bonds. The molecule has 1 atom stereocenters. The minimum absolute atomic E-state index is 0.161. The van der Waals surface area contributed by atoms with Crippen LogP contribution in [0.25, 0.3) is 0 Å². The molecule has 5 N–H and O–H groups in total. The molecule has 1 rings (SSSR count). The number of aromatic amines is 1. The molecular formula is C7H13N5. The Hall–Kier alpha value is -1.36. The van der Waals surface area contributed by atoms with E-state index in [1.54, 1.807) is 6.92 Å². The van der Waals surface area contributed by atoms with Crippen LogP contribution in [0.2, 0.25) is 0 Å². The molecule has 0 aliphatic carbocycles. The van der Waals surface area contributed by atoms with Crippen molar-refractivity contribution in [3.05, 3.63) is 12.0 Å². The Morgan fingerprint density at radius 1 is 1.83 bits per heavy atom. The number of nitrogens with two attached hydrogens (primary N) is 1. The van der Waals surface area contributed by atoms with E-state index < -0.39 is 0 Å². The number of H-pyrrole nitrogens is 1. The fraction of sp³-hybridized carbons (Fsp3) is 0.429. The van der Waals surface area contributed by atoms with Crippen molar-refractivity contribution in [2.75, 3.05) is 5.32 Å². The monoisotopic (exact) mass is 167 g/mol. The number of nitrogens with zero attached hydrogens (tertiary/aromatic N) is 1. The van der Waals surface area contributed by atoms with E-state index in [0.717, 1.165) is 0 Å². The maximum atomic E-state index is 7.39. The van der Waals surface area contributed by atoms with Gasteiger partial charge in [-0.15, -0.1) is 0 Å². The van der Waals surface area contributed by atoms with Crippen LogP contribution in [0.5, 0.6) is 0 Å². The van der Waals surface area contributed by atoms with Crippen molar-refractivity contribution in [3.63, 3.8) is 0 Å². The van der Waals surface area contributed by atoms with Crippen LogP contribution in [0, 0.1) is 5.41 Å². The van der Waals surface area contributed by atoms with Crippen molar-refractivity contribution in [2.24, 2.45) is 5.73 Å². The molecule has 0 saturated carbocycles. The fourth-order valence-electron chi connectivity index (χ4n) is 0.905. The van der Waals surface area contributed by atoms with Gasteiger partial charge >= 0.3 is 0 Å². The number of aromatic nitrogens is 2. The number of hydrogen-bond acceptors (Lipinski definition) is 4. The van der Waals surface area contributed by atoms with Crippen molar-refractivity contribution in [1.29, 1.82) is 5.41 Å². The molecule has 0 spiro atoms. The van der Waals surface area contributed by atoms with Gasteiger partial charge in [0.1, 0.15) is 5.69 Å². The Kier molecular flexibility index (Phi) is 2.44. The number of imidazole rings is 1. The fourth-order valence-corrected chi connectivity index (χ4v) is 0.905. The van der Waals surface area contributed by atoms with E-state index in [-0.39, 0.29) is 6.17 Å². The smallest absolute Gasteiger partial charge is 0.154 e. The third-order valence-corrected chi connectivity index (χ3v) is 1.38. The average Bonchev–Trinajstić information content (AvgIpc) is 2.33. The predicted molar refractivity (Wildman–Crippen MR) is 48.4 cm³/mol. The van der Waals surface area contributed by atoms with Gasteiger partial charge in [0.25, 0.3) is 0 Å². The summed E-state index contributed by atoms with van der Waals surface area (Å²) in [5.41, 5.74) is 6.64. The minimum Gasteiger partial charge on any atom is -0.353 e. The van der Waals surface area contributed by atoms with Crippen molar-refractivity contribution < 1.29 is 0 Å². The maximum absolute atomic E-state index is 7.39. The van der Waals surface area contributed by atoms with Gasteiger partial charge in [-0.25, -0.2) is 4.98 Å². The molecule has 0 fully saturated rings. The highest BCUT2D eigenvalue weighted by Gasteiger charge is 2.07. The van der Waals surface area contributed by atoms with Crippen molar-refractivity contribution in [3.8, 4) is 0 Å². The van der Waals surface area contributed by atoms with Crippen LogP contribution in [-0.2, 0) is 0 Å². The van der Waals surface area contributed by atoms with Gasteiger partial charge in [-0.2, -0.15) is 0 Å². The van der Waals surface area contributed by atoms with E-state index in [9.17, 15) is 0 Å². The number of nitrogens with one attached hydrogen (secondary N) is 3. The van der Waals surface area contributed by atoms with Gasteiger partial charge in [-0.05, 0) is 13.8 Å². The van der Waals surface area contributed by atoms with Gasteiger partial charge in [-0.1, -0.05) is 0 Å². The van der Waals surface area contributed by atoms with Crippen LogP contribution < -0.4 is 11.1 Å². The average molecular weight is 167 g/mol. The second kappa shape index (κ2) is 3.36. The molecule has 1 aromatic heterocycles. The number of anilines is 1. The Morgan fingerprint density at radius 3 is 3.00 bits per heavy atom. The van der Waals surface area contributed by atoms with Gasteiger partial charge in [0.2, 0.25) is 0 Å². The van der Waals surface area contributed by atoms with E-state index in [1.165, 1.54) is 6.33 Å². The highest BCUT2D eigenvalue weighted by atomic mass is 15.1. The Morgan fingerprint density at radius 2 is 2.50 bits per heavy atom. The third-order valence-electron chi connectivity index (χ3n) is 1.38. The van der Waals surface area contributed by atoms with Gasteiger partial charge < -0.3 is 21.4 Å². The van der Waals surface area contributed by atoms with Crippen LogP contribution in [0.15, 0.2) is 6.33 Å². The predicted octanol–water partition coefficient (Wildman–Crippen LogP) is 0.514. The van der Waals surface area contributed by atoms with E-state index >= 15 is 0 Å². The molecule has 5 heteroatoms. The first kappa shape index (κ1) is 8.73. The zero-order chi connectivity index (χ0) is 9.14. The van der Waals surface area contributed by atoms with Gasteiger partial charge in [-0.3, -0.25) is 0 Å². The van der Waals surface area contributed by atoms with Crippen LogP contribution in [0.3, 0.4) is 0 Å². The summed E-state index contributed by atoms with van der Waals surface area (Å²) in [6, 6.07) is 0. The molecule has 12 heavy (non-hydrogen) atoms. The lowest BCUT2D eigenvalue weighted by molar-refractivity contribution is 0.845.